The largest absolute Gasteiger partial charge is 0.371 e. The second-order valence-electron chi connectivity index (χ2n) is 7.51. The summed E-state index contributed by atoms with van der Waals surface area (Å²) in [5.74, 6) is -0.222. The number of fused-ring (bicyclic) bond motifs is 1. The lowest BCUT2D eigenvalue weighted by atomic mass is 10.1. The van der Waals surface area contributed by atoms with Gasteiger partial charge in [-0.05, 0) is 69.0 Å². The minimum atomic E-state index is -0.222. The zero-order chi connectivity index (χ0) is 19.7. The molecule has 0 unspecified atom stereocenters. The molecule has 1 aliphatic rings. The number of amides is 1. The van der Waals surface area contributed by atoms with Gasteiger partial charge >= 0.3 is 0 Å². The summed E-state index contributed by atoms with van der Waals surface area (Å²) in [5, 5.41) is 4.67. The number of rotatable bonds is 3. The first kappa shape index (κ1) is 18.8. The van der Waals surface area contributed by atoms with E-state index in [9.17, 15) is 4.79 Å². The highest BCUT2D eigenvalue weighted by atomic mass is 35.5. The molecule has 2 aromatic carbocycles. The van der Waals surface area contributed by atoms with Crippen molar-refractivity contribution < 1.29 is 4.79 Å². The van der Waals surface area contributed by atoms with Crippen LogP contribution in [0.5, 0.6) is 0 Å². The highest BCUT2D eigenvalue weighted by Gasteiger charge is 2.18. The minimum Gasteiger partial charge on any atom is -0.371 e. The van der Waals surface area contributed by atoms with Gasteiger partial charge in [-0.1, -0.05) is 29.3 Å². The van der Waals surface area contributed by atoms with Crippen LogP contribution in [-0.4, -0.2) is 24.0 Å². The number of aryl methyl sites for hydroxylation is 2. The standard InChI is InChI=1S/C23H24ClN3O/c1-15-6-9-20-18(12-15)22(27-10-4-3-5-11-27)14-21(26-20)23(28)25-17-8-7-16(2)19(24)13-17/h6-9,12-14H,3-5,10-11H2,1-2H3,(H,25,28). The summed E-state index contributed by atoms with van der Waals surface area (Å²) in [7, 11) is 0. The van der Waals surface area contributed by atoms with Crippen LogP contribution in [0.4, 0.5) is 11.4 Å². The van der Waals surface area contributed by atoms with Crippen molar-refractivity contribution >= 4 is 39.8 Å². The predicted molar refractivity (Wildman–Crippen MR) is 117 cm³/mol. The number of anilines is 2. The van der Waals surface area contributed by atoms with E-state index in [4.69, 9.17) is 11.6 Å². The van der Waals surface area contributed by atoms with E-state index in [0.717, 1.165) is 35.2 Å². The van der Waals surface area contributed by atoms with Crippen molar-refractivity contribution in [3.8, 4) is 0 Å². The van der Waals surface area contributed by atoms with Crippen LogP contribution in [0, 0.1) is 13.8 Å². The highest BCUT2D eigenvalue weighted by Crippen LogP contribution is 2.30. The number of halogens is 1. The highest BCUT2D eigenvalue weighted by molar-refractivity contribution is 6.31. The molecule has 1 saturated heterocycles. The summed E-state index contributed by atoms with van der Waals surface area (Å²) < 4.78 is 0. The number of hydrogen-bond acceptors (Lipinski definition) is 3. The lowest BCUT2D eigenvalue weighted by Gasteiger charge is -2.30. The maximum Gasteiger partial charge on any atom is 0.274 e. The molecule has 1 N–H and O–H groups in total. The molecule has 0 atom stereocenters. The van der Waals surface area contributed by atoms with Gasteiger partial charge in [-0.25, -0.2) is 4.98 Å². The Morgan fingerprint density at radius 1 is 1.04 bits per heavy atom. The van der Waals surface area contributed by atoms with Gasteiger partial charge in [-0.2, -0.15) is 0 Å². The number of nitrogens with zero attached hydrogens (tertiary/aromatic N) is 2. The Morgan fingerprint density at radius 2 is 1.82 bits per heavy atom. The average Bonchev–Trinajstić information content (AvgIpc) is 2.70. The smallest absolute Gasteiger partial charge is 0.274 e. The van der Waals surface area contributed by atoms with Gasteiger partial charge < -0.3 is 10.2 Å². The fourth-order valence-electron chi connectivity index (χ4n) is 3.70. The molecule has 4 rings (SSSR count). The molecule has 3 aromatic rings. The van der Waals surface area contributed by atoms with E-state index in [1.54, 1.807) is 6.07 Å². The molecule has 0 aliphatic carbocycles. The molecule has 1 aliphatic heterocycles. The summed E-state index contributed by atoms with van der Waals surface area (Å²) in [6.45, 7) is 6.05. The van der Waals surface area contributed by atoms with Crippen LogP contribution in [0.15, 0.2) is 42.5 Å². The minimum absolute atomic E-state index is 0.222. The van der Waals surface area contributed by atoms with Crippen molar-refractivity contribution in [3.05, 3.63) is 64.3 Å². The fraction of sp³-hybridized carbons (Fsp3) is 0.304. The Morgan fingerprint density at radius 3 is 2.57 bits per heavy atom. The summed E-state index contributed by atoms with van der Waals surface area (Å²) in [4.78, 5) is 19.9. The molecule has 5 heteroatoms. The number of piperidine rings is 1. The molecule has 1 aromatic heterocycles. The fourth-order valence-corrected chi connectivity index (χ4v) is 3.88. The number of nitrogens with one attached hydrogen (secondary N) is 1. The maximum absolute atomic E-state index is 12.9. The third kappa shape index (κ3) is 3.83. The normalized spacial score (nSPS) is 14.3. The maximum atomic E-state index is 12.9. The van der Waals surface area contributed by atoms with E-state index in [1.165, 1.54) is 24.8 Å². The summed E-state index contributed by atoms with van der Waals surface area (Å²) >= 11 is 6.19. The Kier molecular flexibility index (Phi) is 5.23. The van der Waals surface area contributed by atoms with Crippen molar-refractivity contribution in [3.63, 3.8) is 0 Å². The second kappa shape index (κ2) is 7.80. The third-order valence-corrected chi connectivity index (χ3v) is 5.71. The third-order valence-electron chi connectivity index (χ3n) is 5.30. The molecule has 144 valence electrons. The molecule has 2 heterocycles. The van der Waals surface area contributed by atoms with Gasteiger partial charge in [0.05, 0.1) is 5.52 Å². The van der Waals surface area contributed by atoms with Gasteiger partial charge in [-0.3, -0.25) is 4.79 Å². The predicted octanol–water partition coefficient (Wildman–Crippen LogP) is 5.75. The van der Waals surface area contributed by atoms with Crippen LogP contribution < -0.4 is 10.2 Å². The van der Waals surface area contributed by atoms with Crippen LogP contribution in [-0.2, 0) is 0 Å². The van der Waals surface area contributed by atoms with E-state index < -0.39 is 0 Å². The molecular weight excluding hydrogens is 370 g/mol. The number of hydrogen-bond donors (Lipinski definition) is 1. The van der Waals surface area contributed by atoms with E-state index in [1.807, 2.05) is 37.3 Å². The van der Waals surface area contributed by atoms with E-state index >= 15 is 0 Å². The number of benzene rings is 2. The van der Waals surface area contributed by atoms with Gasteiger partial charge in [0.25, 0.3) is 5.91 Å². The Hall–Kier alpha value is -2.59. The second-order valence-corrected chi connectivity index (χ2v) is 7.92. The number of aromatic nitrogens is 1. The van der Waals surface area contributed by atoms with Crippen molar-refractivity contribution in [1.82, 2.24) is 4.98 Å². The summed E-state index contributed by atoms with van der Waals surface area (Å²) in [5.41, 5.74) is 5.21. The first-order valence-electron chi connectivity index (χ1n) is 9.75. The van der Waals surface area contributed by atoms with E-state index in [2.05, 4.69) is 28.2 Å². The monoisotopic (exact) mass is 393 g/mol. The van der Waals surface area contributed by atoms with Crippen molar-refractivity contribution in [2.75, 3.05) is 23.3 Å². The quantitative estimate of drug-likeness (QED) is 0.616. The summed E-state index contributed by atoms with van der Waals surface area (Å²) in [6.07, 6.45) is 3.62. The molecule has 0 radical (unpaired) electrons. The van der Waals surface area contributed by atoms with Gasteiger partial charge in [0, 0.05) is 34.9 Å². The van der Waals surface area contributed by atoms with Crippen molar-refractivity contribution in [2.24, 2.45) is 0 Å². The number of pyridine rings is 1. The van der Waals surface area contributed by atoms with Crippen molar-refractivity contribution in [2.45, 2.75) is 33.1 Å². The Labute approximate surface area is 170 Å². The lowest BCUT2D eigenvalue weighted by molar-refractivity contribution is 0.102. The van der Waals surface area contributed by atoms with Crippen LogP contribution in [0.25, 0.3) is 10.9 Å². The molecule has 1 fully saturated rings. The Balaban J connectivity index is 1.72. The number of carbonyl (C=O) groups is 1. The molecule has 4 nitrogen and oxygen atoms in total. The molecule has 28 heavy (non-hydrogen) atoms. The van der Waals surface area contributed by atoms with Crippen LogP contribution in [0.2, 0.25) is 5.02 Å². The summed E-state index contributed by atoms with van der Waals surface area (Å²) in [6, 6.07) is 13.6. The molecule has 0 spiro atoms. The first-order valence-corrected chi connectivity index (χ1v) is 10.1. The van der Waals surface area contributed by atoms with Gasteiger partial charge in [0.15, 0.2) is 0 Å². The van der Waals surface area contributed by atoms with Gasteiger partial charge in [-0.15, -0.1) is 0 Å². The van der Waals surface area contributed by atoms with Crippen LogP contribution >= 0.6 is 11.6 Å². The number of carbonyl (C=O) groups excluding carboxylic acids is 1. The lowest BCUT2D eigenvalue weighted by Crippen LogP contribution is -2.30. The SMILES string of the molecule is Cc1ccc2nc(C(=O)Nc3ccc(C)c(Cl)c3)cc(N3CCCCC3)c2c1. The van der Waals surface area contributed by atoms with Crippen molar-refractivity contribution in [1.29, 1.82) is 0 Å². The van der Waals surface area contributed by atoms with E-state index in [-0.39, 0.29) is 5.91 Å². The average molecular weight is 394 g/mol. The molecular formula is C23H24ClN3O. The topological polar surface area (TPSA) is 45.2 Å². The zero-order valence-electron chi connectivity index (χ0n) is 16.3. The van der Waals surface area contributed by atoms with E-state index in [0.29, 0.717) is 16.4 Å². The van der Waals surface area contributed by atoms with Crippen LogP contribution in [0.3, 0.4) is 0 Å². The first-order chi connectivity index (χ1) is 13.5. The van der Waals surface area contributed by atoms with Crippen LogP contribution in [0.1, 0.15) is 40.9 Å². The molecule has 1 amide bonds. The van der Waals surface area contributed by atoms with Gasteiger partial charge in [0.2, 0.25) is 0 Å². The Bertz CT molecular complexity index is 1040. The molecule has 0 saturated carbocycles. The van der Waals surface area contributed by atoms with Gasteiger partial charge in [0.1, 0.15) is 5.69 Å². The zero-order valence-corrected chi connectivity index (χ0v) is 17.0. The molecule has 0 bridgehead atoms.